The second-order valence-corrected chi connectivity index (χ2v) is 9.91. The Bertz CT molecular complexity index is 1370. The second kappa shape index (κ2) is 9.33. The van der Waals surface area contributed by atoms with E-state index in [1.54, 1.807) is 6.07 Å². The van der Waals surface area contributed by atoms with Crippen LogP contribution in [0.15, 0.2) is 58.5 Å². The molecular weight excluding hydrogens is 491 g/mol. The molecule has 1 amide bonds. The van der Waals surface area contributed by atoms with Gasteiger partial charge in [0.05, 0.1) is 28.3 Å². The van der Waals surface area contributed by atoms with Crippen molar-refractivity contribution in [3.05, 3.63) is 82.0 Å². The molecule has 0 saturated heterocycles. The molecule has 0 unspecified atom stereocenters. The van der Waals surface area contributed by atoms with Crippen molar-refractivity contribution in [2.45, 2.75) is 42.8 Å². The minimum atomic E-state index is -4.76. The number of halogens is 5. The number of rotatable bonds is 6. The maximum atomic E-state index is 14.9. The molecule has 35 heavy (non-hydrogen) atoms. The topological polar surface area (TPSA) is 95.8 Å². The van der Waals surface area contributed by atoms with Crippen molar-refractivity contribution < 1.29 is 31.0 Å². The largest absolute Gasteiger partial charge is 0.416 e. The Labute approximate surface area is 198 Å². The molecule has 2 N–H and O–H groups in total. The zero-order valence-electron chi connectivity index (χ0n) is 18.8. The van der Waals surface area contributed by atoms with Gasteiger partial charge >= 0.3 is 6.18 Å². The number of benzene rings is 2. The van der Waals surface area contributed by atoms with Crippen molar-refractivity contribution in [3.63, 3.8) is 0 Å². The maximum Gasteiger partial charge on any atom is 0.416 e. The highest BCUT2D eigenvalue weighted by Gasteiger charge is 2.36. The van der Waals surface area contributed by atoms with Gasteiger partial charge in [-0.25, -0.2) is 8.99 Å². The molecule has 3 rings (SSSR count). The summed E-state index contributed by atoms with van der Waals surface area (Å²) < 4.78 is 90.8. The average Bonchev–Trinajstić information content (AvgIpc) is 2.76. The van der Waals surface area contributed by atoms with E-state index in [1.807, 2.05) is 0 Å². The summed E-state index contributed by atoms with van der Waals surface area (Å²) in [6, 6.07) is 9.00. The molecule has 0 saturated carbocycles. The van der Waals surface area contributed by atoms with Gasteiger partial charge in [0.15, 0.2) is 5.03 Å². The summed E-state index contributed by atoms with van der Waals surface area (Å²) in [6.07, 6.45) is -4.76. The summed E-state index contributed by atoms with van der Waals surface area (Å²) in [5.74, 6) is -4.57. The van der Waals surface area contributed by atoms with E-state index < -0.39 is 55.3 Å². The molecule has 0 aliphatic carbocycles. The first-order valence-electron chi connectivity index (χ1n) is 10.2. The van der Waals surface area contributed by atoms with Crippen LogP contribution in [0.1, 0.15) is 38.3 Å². The summed E-state index contributed by atoms with van der Waals surface area (Å²) in [7, 11) is -4.26. The Hall–Kier alpha value is -3.41. The fourth-order valence-corrected chi connectivity index (χ4v) is 4.99. The van der Waals surface area contributed by atoms with Crippen LogP contribution in [0, 0.1) is 25.6 Å². The van der Waals surface area contributed by atoms with Crippen LogP contribution in [0.5, 0.6) is 0 Å². The zero-order chi connectivity index (χ0) is 26.2. The first-order valence-corrected chi connectivity index (χ1v) is 11.7. The normalized spacial score (nSPS) is 13.8. The van der Waals surface area contributed by atoms with Gasteiger partial charge in [0.2, 0.25) is 0 Å². The summed E-state index contributed by atoms with van der Waals surface area (Å²) in [5.41, 5.74) is -1.09. The quantitative estimate of drug-likeness (QED) is 0.432. The Morgan fingerprint density at radius 1 is 0.971 bits per heavy atom. The number of hydrogen-bond donors (Lipinski definition) is 2. The molecule has 0 bridgehead atoms. The van der Waals surface area contributed by atoms with Crippen LogP contribution < -0.4 is 5.32 Å². The van der Waals surface area contributed by atoms with Crippen LogP contribution in [-0.2, 0) is 21.8 Å². The highest BCUT2D eigenvalue weighted by Crippen LogP contribution is 2.34. The minimum Gasteiger partial charge on any atom is -0.346 e. The summed E-state index contributed by atoms with van der Waals surface area (Å²) in [6.45, 7) is 3.34. The van der Waals surface area contributed by atoms with E-state index in [-0.39, 0.29) is 11.3 Å². The number of carbonyl (C=O) groups excluding carboxylic acids is 1. The fourth-order valence-electron chi connectivity index (χ4n) is 3.58. The highest BCUT2D eigenvalue weighted by molar-refractivity contribution is 7.92. The second-order valence-electron chi connectivity index (χ2n) is 7.94. The molecule has 0 spiro atoms. The number of hydrogen-bond acceptors (Lipinski definition) is 5. The lowest BCUT2D eigenvalue weighted by Crippen LogP contribution is -2.36. The van der Waals surface area contributed by atoms with E-state index in [0.717, 1.165) is 24.3 Å². The van der Waals surface area contributed by atoms with Crippen molar-refractivity contribution >= 4 is 15.6 Å². The lowest BCUT2D eigenvalue weighted by atomic mass is 9.97. The molecule has 0 fully saturated rings. The summed E-state index contributed by atoms with van der Waals surface area (Å²) in [4.78, 5) is 12.3. The Morgan fingerprint density at radius 2 is 1.57 bits per heavy atom. The molecule has 6 nitrogen and oxygen atoms in total. The van der Waals surface area contributed by atoms with Gasteiger partial charge in [0.1, 0.15) is 9.73 Å². The van der Waals surface area contributed by atoms with E-state index in [2.05, 4.69) is 15.5 Å². The smallest absolute Gasteiger partial charge is 0.346 e. The van der Waals surface area contributed by atoms with Gasteiger partial charge in [-0.3, -0.25) is 4.79 Å². The van der Waals surface area contributed by atoms with Crippen molar-refractivity contribution in [2.75, 3.05) is 6.54 Å². The van der Waals surface area contributed by atoms with Crippen molar-refractivity contribution in [1.82, 2.24) is 15.5 Å². The standard InChI is InChI=1S/C23H21F5N4O2S/c1-13-6-4-7-14(2)19(13)22(24,25)12-30-20(33)18-10-15(3)31-32-21(18)35(29,34)17-9-5-8-16(11-17)23(26,27)28/h4-11,29H,12H2,1-3H3,(H,30,33)/t35-/m0/s1. The van der Waals surface area contributed by atoms with E-state index in [1.165, 1.54) is 32.9 Å². The molecule has 12 heteroatoms. The molecule has 186 valence electrons. The monoisotopic (exact) mass is 512 g/mol. The van der Waals surface area contributed by atoms with Crippen LogP contribution in [-0.4, -0.2) is 26.9 Å². The van der Waals surface area contributed by atoms with Crippen LogP contribution in [0.25, 0.3) is 0 Å². The minimum absolute atomic E-state index is 0.152. The molecule has 3 aromatic rings. The summed E-state index contributed by atoms with van der Waals surface area (Å²) >= 11 is 0. The van der Waals surface area contributed by atoms with Gasteiger partial charge in [-0.05, 0) is 56.2 Å². The molecule has 1 atom stereocenters. The van der Waals surface area contributed by atoms with Gasteiger partial charge in [-0.15, -0.1) is 5.10 Å². The Kier molecular flexibility index (Phi) is 6.98. The van der Waals surface area contributed by atoms with Gasteiger partial charge < -0.3 is 5.32 Å². The molecule has 0 radical (unpaired) electrons. The zero-order valence-corrected chi connectivity index (χ0v) is 19.7. The summed E-state index contributed by atoms with van der Waals surface area (Å²) in [5, 5.41) is 8.64. The molecule has 1 aromatic heterocycles. The van der Waals surface area contributed by atoms with E-state index in [9.17, 15) is 31.0 Å². The van der Waals surface area contributed by atoms with Crippen LogP contribution >= 0.6 is 0 Å². The lowest BCUT2D eigenvalue weighted by molar-refractivity contribution is -0.137. The number of carbonyl (C=O) groups is 1. The Balaban J connectivity index is 1.98. The van der Waals surface area contributed by atoms with E-state index in [4.69, 9.17) is 4.78 Å². The van der Waals surface area contributed by atoms with Crippen LogP contribution in [0.2, 0.25) is 0 Å². The molecule has 2 aromatic carbocycles. The third-order valence-corrected chi connectivity index (χ3v) is 6.97. The number of aryl methyl sites for hydroxylation is 3. The molecular formula is C23H21F5N4O2S. The fraction of sp³-hybridized carbons (Fsp3) is 0.261. The number of nitrogens with zero attached hydrogens (tertiary/aromatic N) is 2. The number of amides is 1. The van der Waals surface area contributed by atoms with Gasteiger partial charge in [0, 0.05) is 5.56 Å². The van der Waals surface area contributed by atoms with Gasteiger partial charge in [0.25, 0.3) is 11.8 Å². The third kappa shape index (κ3) is 5.47. The Morgan fingerprint density at radius 3 is 2.17 bits per heavy atom. The van der Waals surface area contributed by atoms with Crippen LogP contribution in [0.4, 0.5) is 22.0 Å². The highest BCUT2D eigenvalue weighted by atomic mass is 32.2. The average molecular weight is 513 g/mol. The molecule has 0 aliphatic rings. The van der Waals surface area contributed by atoms with E-state index in [0.29, 0.717) is 17.2 Å². The third-order valence-electron chi connectivity index (χ3n) is 5.21. The van der Waals surface area contributed by atoms with Gasteiger partial charge in [-0.1, -0.05) is 24.3 Å². The van der Waals surface area contributed by atoms with Gasteiger partial charge in [-0.2, -0.15) is 27.1 Å². The molecule has 0 aliphatic heterocycles. The number of alkyl halides is 5. The molecule has 1 heterocycles. The SMILES string of the molecule is Cc1cc(C(=O)NCC(F)(F)c2c(C)cccc2C)c([S@@](=N)(=O)c2cccc(C(F)(F)F)c2)nn1. The van der Waals surface area contributed by atoms with Crippen molar-refractivity contribution in [2.24, 2.45) is 0 Å². The lowest BCUT2D eigenvalue weighted by Gasteiger charge is -2.22. The first-order chi connectivity index (χ1) is 16.1. The predicted octanol–water partition coefficient (Wildman–Crippen LogP) is 5.41. The van der Waals surface area contributed by atoms with Crippen molar-refractivity contribution in [3.8, 4) is 0 Å². The number of nitrogens with one attached hydrogen (secondary N) is 2. The first kappa shape index (κ1) is 26.2. The predicted molar refractivity (Wildman–Crippen MR) is 118 cm³/mol. The van der Waals surface area contributed by atoms with Crippen LogP contribution in [0.3, 0.4) is 0 Å². The number of aromatic nitrogens is 2. The maximum absolute atomic E-state index is 14.9. The van der Waals surface area contributed by atoms with Crippen molar-refractivity contribution in [1.29, 1.82) is 4.78 Å². The van der Waals surface area contributed by atoms with E-state index >= 15 is 0 Å².